The van der Waals surface area contributed by atoms with Gasteiger partial charge in [0.15, 0.2) is 6.29 Å². The van der Waals surface area contributed by atoms with Crippen molar-refractivity contribution in [3.8, 4) is 0 Å². The van der Waals surface area contributed by atoms with Crippen molar-refractivity contribution in [2.24, 2.45) is 0 Å². The third-order valence-corrected chi connectivity index (χ3v) is 3.82. The van der Waals surface area contributed by atoms with Crippen LogP contribution < -0.4 is 0 Å². The van der Waals surface area contributed by atoms with Crippen LogP contribution in [-0.4, -0.2) is 117 Å². The molecule has 25 heavy (non-hydrogen) atoms. The molecule has 0 aromatic carbocycles. The van der Waals surface area contributed by atoms with E-state index in [0.29, 0.717) is 6.61 Å². The molecule has 0 saturated carbocycles. The highest BCUT2D eigenvalue weighted by molar-refractivity contribution is 4.85. The van der Waals surface area contributed by atoms with Gasteiger partial charge in [-0.2, -0.15) is 0 Å². The van der Waals surface area contributed by atoms with Crippen LogP contribution in [-0.2, 0) is 14.2 Å². The molecule has 2 aliphatic rings. The topological polar surface area (TPSA) is 201 Å². The smallest absolute Gasteiger partial charge is 0.186 e. The molecule has 2 saturated heterocycles. The summed E-state index contributed by atoms with van der Waals surface area (Å²) in [6, 6.07) is 0. The van der Waals surface area contributed by atoms with Gasteiger partial charge in [0.1, 0.15) is 30.5 Å². The molecule has 2 fully saturated rings. The van der Waals surface area contributed by atoms with E-state index in [-0.39, 0.29) is 31.7 Å². The van der Waals surface area contributed by atoms with Gasteiger partial charge >= 0.3 is 0 Å². The summed E-state index contributed by atoms with van der Waals surface area (Å²) in [5.74, 6) is 0. The van der Waals surface area contributed by atoms with Gasteiger partial charge in [-0.15, -0.1) is 0 Å². The van der Waals surface area contributed by atoms with Crippen LogP contribution in [0.2, 0.25) is 0 Å². The van der Waals surface area contributed by atoms with Gasteiger partial charge in [0, 0.05) is 13.0 Å². The van der Waals surface area contributed by atoms with E-state index in [0.717, 1.165) is 0 Å². The summed E-state index contributed by atoms with van der Waals surface area (Å²) in [6.45, 7) is 1.58. The first-order chi connectivity index (χ1) is 11.3. The maximum Gasteiger partial charge on any atom is 0.186 e. The quantitative estimate of drug-likeness (QED) is 0.251. The fourth-order valence-corrected chi connectivity index (χ4v) is 2.36. The maximum atomic E-state index is 9.40. The Bertz CT molecular complexity index is 343. The Morgan fingerprint density at radius 1 is 0.920 bits per heavy atom. The maximum absolute atomic E-state index is 9.40. The molecule has 9 N–H and O–H groups in total. The van der Waals surface area contributed by atoms with Crippen LogP contribution in [0.5, 0.6) is 0 Å². The second-order valence-corrected chi connectivity index (χ2v) is 5.66. The zero-order valence-electron chi connectivity index (χ0n) is 14.0. The largest absolute Gasteiger partial charge is 0.412 e. The summed E-state index contributed by atoms with van der Waals surface area (Å²) < 4.78 is 15.0. The Morgan fingerprint density at radius 3 is 2.08 bits per heavy atom. The fraction of sp³-hybridized carbons (Fsp3) is 1.00. The van der Waals surface area contributed by atoms with E-state index in [4.69, 9.17) is 39.7 Å². The van der Waals surface area contributed by atoms with Crippen molar-refractivity contribution in [2.45, 2.75) is 62.4 Å². The molecule has 2 rings (SSSR count). The highest BCUT2D eigenvalue weighted by atomic mass is 16.7. The van der Waals surface area contributed by atoms with E-state index >= 15 is 0 Å². The van der Waals surface area contributed by atoms with Gasteiger partial charge in [-0.25, -0.2) is 0 Å². The van der Waals surface area contributed by atoms with E-state index in [9.17, 15) is 10.2 Å². The van der Waals surface area contributed by atoms with E-state index in [2.05, 4.69) is 0 Å². The first-order valence-corrected chi connectivity index (χ1v) is 7.86. The Balaban J connectivity index is 0.000000449. The van der Waals surface area contributed by atoms with Crippen molar-refractivity contribution in [2.75, 3.05) is 26.4 Å². The zero-order valence-corrected chi connectivity index (χ0v) is 14.0. The summed E-state index contributed by atoms with van der Waals surface area (Å²) in [5, 5.41) is 63.3. The summed E-state index contributed by atoms with van der Waals surface area (Å²) in [7, 11) is 0. The van der Waals surface area contributed by atoms with Gasteiger partial charge in [0.05, 0.1) is 32.0 Å². The highest BCUT2D eigenvalue weighted by Crippen LogP contribution is 2.20. The van der Waals surface area contributed by atoms with Gasteiger partial charge in [0.25, 0.3) is 0 Å². The first-order valence-electron chi connectivity index (χ1n) is 7.86. The molecule has 0 bridgehead atoms. The molecule has 8 atom stereocenters. The minimum absolute atomic E-state index is 0. The molecule has 152 valence electrons. The molecule has 0 amide bonds. The van der Waals surface area contributed by atoms with Gasteiger partial charge in [-0.05, 0) is 6.92 Å². The summed E-state index contributed by atoms with van der Waals surface area (Å²) in [5.41, 5.74) is 0. The van der Waals surface area contributed by atoms with E-state index in [1.54, 1.807) is 6.92 Å². The third-order valence-electron chi connectivity index (χ3n) is 3.82. The van der Waals surface area contributed by atoms with Crippen LogP contribution >= 0.6 is 0 Å². The standard InChI is InChI=1S/C8H16O5.C6H12O5.H2O/c1-2-12-8-7(11)6(10)3-5(4-9)13-8;7-1-4-6(10)5(9)3(8)2-11-4;/h5-11H,2-4H2,1H3;3-10H,1-2H2;1H2/t5?,6-,7?,8+;3?,4?,5-,6+;/m10./s1. The second kappa shape index (κ2) is 12.0. The first kappa shape index (κ1) is 24.6. The predicted octanol–water partition coefficient (Wildman–Crippen LogP) is -4.51. The van der Waals surface area contributed by atoms with Crippen molar-refractivity contribution in [1.82, 2.24) is 0 Å². The van der Waals surface area contributed by atoms with Gasteiger partial charge < -0.3 is 55.4 Å². The molecule has 0 radical (unpaired) electrons. The van der Waals surface area contributed by atoms with Crippen molar-refractivity contribution in [3.05, 3.63) is 0 Å². The van der Waals surface area contributed by atoms with Gasteiger partial charge in [-0.1, -0.05) is 0 Å². The summed E-state index contributed by atoms with van der Waals surface area (Å²) >= 11 is 0. The third kappa shape index (κ3) is 7.00. The lowest BCUT2D eigenvalue weighted by Gasteiger charge is -2.35. The van der Waals surface area contributed by atoms with Crippen LogP contribution in [0.3, 0.4) is 0 Å². The van der Waals surface area contributed by atoms with Crippen LogP contribution in [0.1, 0.15) is 13.3 Å². The van der Waals surface area contributed by atoms with E-state index in [1.807, 2.05) is 0 Å². The molecule has 0 aromatic heterocycles. The van der Waals surface area contributed by atoms with Crippen molar-refractivity contribution >= 4 is 0 Å². The van der Waals surface area contributed by atoms with Gasteiger partial charge in [-0.3, -0.25) is 0 Å². The average Bonchev–Trinajstić information content (AvgIpc) is 2.57. The SMILES string of the molecule is CCO[C@H]1OC(CO)C[C@@H](O)C1O.O.OCC1OCC(O)[C@H](O)[C@@H]1O. The number of hydrogen-bond donors (Lipinski definition) is 7. The Kier molecular flexibility index (Phi) is 11.8. The average molecular weight is 374 g/mol. The molecule has 2 aliphatic heterocycles. The van der Waals surface area contributed by atoms with Crippen LogP contribution in [0.25, 0.3) is 0 Å². The lowest BCUT2D eigenvalue weighted by Crippen LogP contribution is -2.53. The minimum Gasteiger partial charge on any atom is -0.412 e. The van der Waals surface area contributed by atoms with Gasteiger partial charge in [0.2, 0.25) is 0 Å². The molecular formula is C14H30O11. The Labute approximate surface area is 145 Å². The molecule has 0 aromatic rings. The highest BCUT2D eigenvalue weighted by Gasteiger charge is 2.37. The Morgan fingerprint density at radius 2 is 1.56 bits per heavy atom. The molecular weight excluding hydrogens is 344 g/mol. The summed E-state index contributed by atoms with van der Waals surface area (Å²) in [4.78, 5) is 0. The van der Waals surface area contributed by atoms with Crippen molar-refractivity contribution in [1.29, 1.82) is 0 Å². The normalized spacial score (nSPS) is 41.3. The van der Waals surface area contributed by atoms with E-state index < -0.39 is 49.0 Å². The summed E-state index contributed by atoms with van der Waals surface area (Å²) in [6.07, 6.45) is -7.22. The monoisotopic (exact) mass is 374 g/mol. The predicted molar refractivity (Wildman–Crippen MR) is 82.5 cm³/mol. The fourth-order valence-electron chi connectivity index (χ4n) is 2.36. The van der Waals surface area contributed by atoms with E-state index in [1.165, 1.54) is 0 Å². The van der Waals surface area contributed by atoms with Crippen LogP contribution in [0, 0.1) is 0 Å². The zero-order chi connectivity index (χ0) is 18.3. The van der Waals surface area contributed by atoms with Crippen LogP contribution in [0.4, 0.5) is 0 Å². The Hall–Kier alpha value is -0.440. The van der Waals surface area contributed by atoms with Crippen LogP contribution in [0.15, 0.2) is 0 Å². The van der Waals surface area contributed by atoms with Crippen molar-refractivity contribution in [3.63, 3.8) is 0 Å². The number of aliphatic hydroxyl groups is 7. The lowest BCUT2D eigenvalue weighted by atomic mass is 10.0. The molecule has 2 heterocycles. The minimum atomic E-state index is -1.22. The van der Waals surface area contributed by atoms with Crippen molar-refractivity contribution < 1.29 is 55.4 Å². The molecule has 11 nitrogen and oxygen atoms in total. The molecule has 11 heteroatoms. The second-order valence-electron chi connectivity index (χ2n) is 5.66. The number of aliphatic hydroxyl groups excluding tert-OH is 7. The molecule has 4 unspecified atom stereocenters. The number of hydrogen-bond acceptors (Lipinski definition) is 10. The number of ether oxygens (including phenoxy) is 3. The number of rotatable bonds is 4. The lowest BCUT2D eigenvalue weighted by molar-refractivity contribution is -0.269. The molecule has 0 spiro atoms. The molecule has 0 aliphatic carbocycles.